The molecule has 1 aliphatic carbocycles. The van der Waals surface area contributed by atoms with Crippen LogP contribution in [-0.2, 0) is 0 Å². The summed E-state index contributed by atoms with van der Waals surface area (Å²) in [6.07, 6.45) is 0. The molecule has 138 valence electrons. The van der Waals surface area contributed by atoms with Crippen LogP contribution in [0, 0.1) is 0 Å². The topological polar surface area (TPSA) is 0 Å². The van der Waals surface area contributed by atoms with Gasteiger partial charge in [0, 0.05) is 4.47 Å². The number of benzene rings is 4. The van der Waals surface area contributed by atoms with Crippen LogP contribution >= 0.6 is 15.9 Å². The summed E-state index contributed by atoms with van der Waals surface area (Å²) in [5.41, 5.74) is 10.3. The van der Waals surface area contributed by atoms with Crippen LogP contribution in [0.4, 0.5) is 0 Å². The van der Waals surface area contributed by atoms with E-state index < -0.39 is 0 Å². The van der Waals surface area contributed by atoms with Crippen LogP contribution in [-0.4, -0.2) is 0 Å². The van der Waals surface area contributed by atoms with Crippen molar-refractivity contribution in [2.75, 3.05) is 0 Å². The SMILES string of the molecule is Brc1ccc(C2=C(c3ccccc3)C(c3ccccc3)=C2c2ccccc2)cc1. The van der Waals surface area contributed by atoms with Crippen molar-refractivity contribution in [2.24, 2.45) is 0 Å². The molecule has 0 N–H and O–H groups in total. The van der Waals surface area contributed by atoms with Crippen LogP contribution in [0.5, 0.6) is 0 Å². The molecule has 0 amide bonds. The average Bonchev–Trinajstić information content (AvgIpc) is 2.77. The van der Waals surface area contributed by atoms with Gasteiger partial charge < -0.3 is 0 Å². The first-order valence-electron chi connectivity index (χ1n) is 9.74. The van der Waals surface area contributed by atoms with Gasteiger partial charge in [-0.25, -0.2) is 0 Å². The van der Waals surface area contributed by atoms with Crippen molar-refractivity contribution < 1.29 is 0 Å². The third-order valence-corrected chi connectivity index (χ3v) is 5.85. The monoisotopic (exact) mass is 434 g/mol. The Bertz CT molecular complexity index is 1200. The molecule has 0 unspecified atom stereocenters. The minimum atomic E-state index is 1.09. The molecule has 0 aromatic heterocycles. The van der Waals surface area contributed by atoms with Gasteiger partial charge >= 0.3 is 0 Å². The third kappa shape index (κ3) is 3.28. The summed E-state index contributed by atoms with van der Waals surface area (Å²) in [7, 11) is 0. The molecular formula is C28H19Br. The summed E-state index contributed by atoms with van der Waals surface area (Å²) in [5.74, 6) is 0. The van der Waals surface area contributed by atoms with Gasteiger partial charge in [0.15, 0.2) is 0 Å². The maximum absolute atomic E-state index is 3.58. The molecule has 0 atom stereocenters. The van der Waals surface area contributed by atoms with Gasteiger partial charge in [-0.15, -0.1) is 0 Å². The minimum absolute atomic E-state index is 1.09. The van der Waals surface area contributed by atoms with Crippen LogP contribution in [0.25, 0.3) is 22.3 Å². The Balaban J connectivity index is 1.79. The predicted molar refractivity (Wildman–Crippen MR) is 127 cm³/mol. The lowest BCUT2D eigenvalue weighted by atomic mass is 9.69. The molecule has 4 aromatic rings. The fraction of sp³-hybridized carbons (Fsp3) is 0. The fourth-order valence-corrected chi connectivity index (χ4v) is 4.29. The molecule has 0 aliphatic heterocycles. The summed E-state index contributed by atoms with van der Waals surface area (Å²) in [5, 5.41) is 0. The van der Waals surface area contributed by atoms with Crippen molar-refractivity contribution in [3.05, 3.63) is 142 Å². The van der Waals surface area contributed by atoms with E-state index in [4.69, 9.17) is 0 Å². The largest absolute Gasteiger partial charge is 0.0622 e. The summed E-state index contributed by atoms with van der Waals surface area (Å²) in [6.45, 7) is 0. The molecule has 1 aliphatic rings. The number of allylic oxidation sites excluding steroid dienone is 4. The lowest BCUT2D eigenvalue weighted by Crippen LogP contribution is -2.10. The summed E-state index contributed by atoms with van der Waals surface area (Å²) in [4.78, 5) is 0. The highest BCUT2D eigenvalue weighted by molar-refractivity contribution is 9.10. The summed E-state index contributed by atoms with van der Waals surface area (Å²) < 4.78 is 1.09. The van der Waals surface area contributed by atoms with Gasteiger partial charge in [-0.1, -0.05) is 119 Å². The molecule has 0 spiro atoms. The molecule has 1 heteroatoms. The number of halogens is 1. The second-order valence-corrected chi connectivity index (χ2v) is 8.02. The van der Waals surface area contributed by atoms with Crippen molar-refractivity contribution in [2.45, 2.75) is 0 Å². The van der Waals surface area contributed by atoms with Crippen molar-refractivity contribution in [1.29, 1.82) is 0 Å². The molecule has 0 saturated carbocycles. The van der Waals surface area contributed by atoms with Crippen molar-refractivity contribution in [3.8, 4) is 0 Å². The van der Waals surface area contributed by atoms with E-state index in [0.717, 1.165) is 4.47 Å². The number of hydrogen-bond acceptors (Lipinski definition) is 0. The summed E-state index contributed by atoms with van der Waals surface area (Å²) in [6, 6.07) is 40.8. The van der Waals surface area contributed by atoms with Crippen LogP contribution in [0.15, 0.2) is 120 Å². The second kappa shape index (κ2) is 7.69. The summed E-state index contributed by atoms with van der Waals surface area (Å²) >= 11 is 3.58. The molecule has 4 aromatic carbocycles. The first-order chi connectivity index (χ1) is 14.3. The van der Waals surface area contributed by atoms with Crippen molar-refractivity contribution in [3.63, 3.8) is 0 Å². The van der Waals surface area contributed by atoms with Gasteiger partial charge in [-0.05, 0) is 56.7 Å². The molecule has 0 nitrogen and oxygen atoms in total. The van der Waals surface area contributed by atoms with Crippen LogP contribution in [0.3, 0.4) is 0 Å². The van der Waals surface area contributed by atoms with Crippen molar-refractivity contribution in [1.82, 2.24) is 0 Å². The lowest BCUT2D eigenvalue weighted by Gasteiger charge is -2.33. The fourth-order valence-electron chi connectivity index (χ4n) is 4.02. The Morgan fingerprint density at radius 1 is 0.310 bits per heavy atom. The van der Waals surface area contributed by atoms with Crippen molar-refractivity contribution >= 4 is 38.2 Å². The van der Waals surface area contributed by atoms with E-state index in [9.17, 15) is 0 Å². The molecule has 0 radical (unpaired) electrons. The highest BCUT2D eigenvalue weighted by Gasteiger charge is 2.32. The molecule has 5 rings (SSSR count). The van der Waals surface area contributed by atoms with Gasteiger partial charge in [-0.2, -0.15) is 0 Å². The zero-order valence-electron chi connectivity index (χ0n) is 15.8. The lowest BCUT2D eigenvalue weighted by molar-refractivity contribution is 1.51. The van der Waals surface area contributed by atoms with E-state index in [1.165, 1.54) is 44.5 Å². The zero-order chi connectivity index (χ0) is 19.6. The Labute approximate surface area is 180 Å². The van der Waals surface area contributed by atoms with E-state index in [0.29, 0.717) is 0 Å². The van der Waals surface area contributed by atoms with Gasteiger partial charge in [-0.3, -0.25) is 0 Å². The number of rotatable bonds is 4. The smallest absolute Gasteiger partial charge is 0.0175 e. The zero-order valence-corrected chi connectivity index (χ0v) is 17.4. The molecule has 0 fully saturated rings. The van der Waals surface area contributed by atoms with Crippen LogP contribution < -0.4 is 0 Å². The molecule has 0 saturated heterocycles. The molecule has 0 heterocycles. The molecular weight excluding hydrogens is 416 g/mol. The van der Waals surface area contributed by atoms with E-state index in [1.807, 2.05) is 0 Å². The van der Waals surface area contributed by atoms with Gasteiger partial charge in [0.05, 0.1) is 0 Å². The highest BCUT2D eigenvalue weighted by atomic mass is 79.9. The Hall–Kier alpha value is -3.16. The quantitative estimate of drug-likeness (QED) is 0.305. The van der Waals surface area contributed by atoms with E-state index in [-0.39, 0.29) is 0 Å². The Morgan fingerprint density at radius 3 is 0.897 bits per heavy atom. The maximum Gasteiger partial charge on any atom is 0.0175 e. The first-order valence-corrected chi connectivity index (χ1v) is 10.5. The van der Waals surface area contributed by atoms with E-state index >= 15 is 0 Å². The normalized spacial score (nSPS) is 13.4. The van der Waals surface area contributed by atoms with E-state index in [2.05, 4.69) is 131 Å². The van der Waals surface area contributed by atoms with Gasteiger partial charge in [0.2, 0.25) is 0 Å². The Kier molecular flexibility index (Phi) is 4.75. The van der Waals surface area contributed by atoms with Crippen LogP contribution in [0.1, 0.15) is 22.3 Å². The number of hydrogen-bond donors (Lipinski definition) is 0. The minimum Gasteiger partial charge on any atom is -0.0622 e. The standard InChI is InChI=1S/C28H19Br/c29-24-18-16-23(17-19-24)28-26(21-12-6-2-7-13-21)25(20-10-4-1-5-11-20)27(28)22-14-8-3-9-15-22/h1-19H. The Morgan fingerprint density at radius 2 is 0.586 bits per heavy atom. The van der Waals surface area contributed by atoms with Gasteiger partial charge in [0.25, 0.3) is 0 Å². The predicted octanol–water partition coefficient (Wildman–Crippen LogP) is 7.98. The first kappa shape index (κ1) is 17.9. The van der Waals surface area contributed by atoms with Crippen LogP contribution in [0.2, 0.25) is 0 Å². The third-order valence-electron chi connectivity index (χ3n) is 5.32. The average molecular weight is 435 g/mol. The highest BCUT2D eigenvalue weighted by Crippen LogP contribution is 2.56. The molecule has 29 heavy (non-hydrogen) atoms. The molecule has 0 bridgehead atoms. The van der Waals surface area contributed by atoms with E-state index in [1.54, 1.807) is 0 Å². The maximum atomic E-state index is 3.58. The second-order valence-electron chi connectivity index (χ2n) is 7.10. The van der Waals surface area contributed by atoms with Gasteiger partial charge in [0.1, 0.15) is 0 Å².